The van der Waals surface area contributed by atoms with Crippen LogP contribution >= 0.6 is 0 Å². The van der Waals surface area contributed by atoms with E-state index in [9.17, 15) is 9.59 Å². The molecule has 0 bridgehead atoms. The number of nitrogens with one attached hydrogen (secondary N) is 1. The lowest BCUT2D eigenvalue weighted by Crippen LogP contribution is -2.27. The second-order valence-electron chi connectivity index (χ2n) is 4.88. The van der Waals surface area contributed by atoms with Gasteiger partial charge >= 0.3 is 5.97 Å². The first-order chi connectivity index (χ1) is 10.7. The fourth-order valence-electron chi connectivity index (χ4n) is 2.21. The Kier molecular flexibility index (Phi) is 5.15. The maximum atomic E-state index is 12.2. The van der Waals surface area contributed by atoms with Crippen LogP contribution in [0.5, 0.6) is 0 Å². The molecule has 1 aromatic carbocycles. The molecule has 1 aliphatic rings. The van der Waals surface area contributed by atoms with E-state index < -0.39 is 5.97 Å². The quantitative estimate of drug-likeness (QED) is 0.522. The Labute approximate surface area is 129 Å². The zero-order valence-electron chi connectivity index (χ0n) is 12.3. The summed E-state index contributed by atoms with van der Waals surface area (Å²) in [6, 6.07) is 8.66. The summed E-state index contributed by atoms with van der Waals surface area (Å²) in [6.07, 6.45) is 3.39. The molecule has 1 aromatic rings. The number of hydrogen-bond donors (Lipinski definition) is 1. The number of ether oxygens (including phenoxy) is 1. The summed E-state index contributed by atoms with van der Waals surface area (Å²) in [4.78, 5) is 25.3. The standard InChI is InChI=1S/C16H17N3O3/c1-22-16(21)13(10-17)11-18-14-6-4-12(5-7-14)15(20)19-8-2-3-9-19/h4-7,11,18H,2-3,8-9H2,1H3/b13-11+. The van der Waals surface area contributed by atoms with E-state index >= 15 is 0 Å². The van der Waals surface area contributed by atoms with Crippen molar-refractivity contribution in [1.29, 1.82) is 5.26 Å². The summed E-state index contributed by atoms with van der Waals surface area (Å²) in [7, 11) is 1.21. The van der Waals surface area contributed by atoms with Crippen molar-refractivity contribution in [2.45, 2.75) is 12.8 Å². The molecule has 6 heteroatoms. The van der Waals surface area contributed by atoms with E-state index in [0.717, 1.165) is 25.9 Å². The molecule has 0 spiro atoms. The Morgan fingerprint density at radius 1 is 1.27 bits per heavy atom. The summed E-state index contributed by atoms with van der Waals surface area (Å²) >= 11 is 0. The summed E-state index contributed by atoms with van der Waals surface area (Å²) < 4.78 is 4.48. The summed E-state index contributed by atoms with van der Waals surface area (Å²) in [5, 5.41) is 11.7. The highest BCUT2D eigenvalue weighted by Crippen LogP contribution is 2.15. The Morgan fingerprint density at radius 3 is 2.45 bits per heavy atom. The van der Waals surface area contributed by atoms with Gasteiger partial charge in [0.05, 0.1) is 7.11 Å². The molecule has 1 amide bonds. The third-order valence-electron chi connectivity index (χ3n) is 3.43. The molecule has 0 aliphatic carbocycles. The highest BCUT2D eigenvalue weighted by Gasteiger charge is 2.19. The maximum Gasteiger partial charge on any atom is 0.350 e. The zero-order chi connectivity index (χ0) is 15.9. The van der Waals surface area contributed by atoms with E-state index in [2.05, 4.69) is 10.1 Å². The number of carbonyl (C=O) groups excluding carboxylic acids is 2. The number of methoxy groups -OCH3 is 1. The molecular formula is C16H17N3O3. The van der Waals surface area contributed by atoms with E-state index in [0.29, 0.717) is 11.3 Å². The molecule has 1 aliphatic heterocycles. The Balaban J connectivity index is 2.03. The number of nitrogens with zero attached hydrogens (tertiary/aromatic N) is 2. The number of anilines is 1. The molecule has 0 saturated carbocycles. The van der Waals surface area contributed by atoms with Crippen LogP contribution in [-0.4, -0.2) is 37.0 Å². The van der Waals surface area contributed by atoms with Gasteiger partial charge in [0.15, 0.2) is 5.57 Å². The number of rotatable bonds is 4. The first-order valence-corrected chi connectivity index (χ1v) is 7.00. The predicted molar refractivity (Wildman–Crippen MR) is 80.9 cm³/mol. The number of hydrogen-bond acceptors (Lipinski definition) is 5. The SMILES string of the molecule is COC(=O)/C(C#N)=C/Nc1ccc(C(=O)N2CCCC2)cc1. The van der Waals surface area contributed by atoms with Gasteiger partial charge in [0.25, 0.3) is 5.91 Å². The van der Waals surface area contributed by atoms with Gasteiger partial charge in [-0.25, -0.2) is 4.79 Å². The van der Waals surface area contributed by atoms with E-state index in [1.807, 2.05) is 4.90 Å². The molecule has 0 aromatic heterocycles. The highest BCUT2D eigenvalue weighted by atomic mass is 16.5. The van der Waals surface area contributed by atoms with E-state index in [-0.39, 0.29) is 11.5 Å². The number of benzene rings is 1. The molecule has 2 rings (SSSR count). The lowest BCUT2D eigenvalue weighted by atomic mass is 10.2. The third kappa shape index (κ3) is 3.64. The van der Waals surface area contributed by atoms with Crippen molar-refractivity contribution in [2.24, 2.45) is 0 Å². The molecule has 0 unspecified atom stereocenters. The van der Waals surface area contributed by atoms with Gasteiger partial charge in [0.2, 0.25) is 0 Å². The molecule has 0 radical (unpaired) electrons. The van der Waals surface area contributed by atoms with Crippen molar-refractivity contribution in [3.05, 3.63) is 41.6 Å². The second-order valence-corrected chi connectivity index (χ2v) is 4.88. The van der Waals surface area contributed by atoms with E-state index in [4.69, 9.17) is 5.26 Å². The normalized spacial score (nSPS) is 14.4. The maximum absolute atomic E-state index is 12.2. The molecule has 1 fully saturated rings. The third-order valence-corrected chi connectivity index (χ3v) is 3.43. The summed E-state index contributed by atoms with van der Waals surface area (Å²) in [5.41, 5.74) is 1.18. The minimum Gasteiger partial charge on any atom is -0.465 e. The number of carbonyl (C=O) groups is 2. The van der Waals surface area contributed by atoms with Crippen LogP contribution in [0.4, 0.5) is 5.69 Å². The van der Waals surface area contributed by atoms with Crippen LogP contribution in [0.3, 0.4) is 0 Å². The summed E-state index contributed by atoms with van der Waals surface area (Å²) in [5.74, 6) is -0.664. The van der Waals surface area contributed by atoms with Crippen LogP contribution in [0.25, 0.3) is 0 Å². The molecule has 1 N–H and O–H groups in total. The minimum atomic E-state index is -0.698. The van der Waals surface area contributed by atoms with Crippen LogP contribution in [-0.2, 0) is 9.53 Å². The van der Waals surface area contributed by atoms with Crippen molar-refractivity contribution < 1.29 is 14.3 Å². The number of amides is 1. The second kappa shape index (κ2) is 7.27. The molecule has 22 heavy (non-hydrogen) atoms. The van der Waals surface area contributed by atoms with Gasteiger partial charge in [-0.3, -0.25) is 4.79 Å². The van der Waals surface area contributed by atoms with Crippen molar-refractivity contribution in [3.63, 3.8) is 0 Å². The van der Waals surface area contributed by atoms with Crippen molar-refractivity contribution in [2.75, 3.05) is 25.5 Å². The predicted octanol–water partition coefficient (Wildman–Crippen LogP) is 1.91. The Morgan fingerprint density at radius 2 is 1.91 bits per heavy atom. The van der Waals surface area contributed by atoms with Crippen molar-refractivity contribution in [3.8, 4) is 6.07 Å². The monoisotopic (exact) mass is 299 g/mol. The van der Waals surface area contributed by atoms with Gasteiger partial charge < -0.3 is 15.0 Å². The van der Waals surface area contributed by atoms with Gasteiger partial charge in [0, 0.05) is 30.5 Å². The topological polar surface area (TPSA) is 82.4 Å². The zero-order valence-corrected chi connectivity index (χ0v) is 12.3. The largest absolute Gasteiger partial charge is 0.465 e. The van der Waals surface area contributed by atoms with E-state index in [1.54, 1.807) is 30.3 Å². The lowest BCUT2D eigenvalue weighted by Gasteiger charge is -2.15. The minimum absolute atomic E-state index is 0.0341. The van der Waals surface area contributed by atoms with Gasteiger partial charge in [-0.15, -0.1) is 0 Å². The smallest absolute Gasteiger partial charge is 0.350 e. The molecule has 1 saturated heterocycles. The fraction of sp³-hybridized carbons (Fsp3) is 0.312. The van der Waals surface area contributed by atoms with Crippen LogP contribution < -0.4 is 5.32 Å². The molecule has 0 atom stereocenters. The Hall–Kier alpha value is -2.81. The number of likely N-dealkylation sites (tertiary alicyclic amines) is 1. The van der Waals surface area contributed by atoms with E-state index in [1.165, 1.54) is 13.3 Å². The molecule has 114 valence electrons. The van der Waals surface area contributed by atoms with Gasteiger partial charge in [-0.05, 0) is 37.1 Å². The number of esters is 1. The average Bonchev–Trinajstić information content (AvgIpc) is 3.09. The van der Waals surface area contributed by atoms with Crippen LogP contribution in [0, 0.1) is 11.3 Å². The van der Waals surface area contributed by atoms with Crippen LogP contribution in [0.15, 0.2) is 36.0 Å². The van der Waals surface area contributed by atoms with Crippen molar-refractivity contribution in [1.82, 2.24) is 4.90 Å². The number of nitriles is 1. The lowest BCUT2D eigenvalue weighted by molar-refractivity contribution is -0.135. The average molecular weight is 299 g/mol. The van der Waals surface area contributed by atoms with Gasteiger partial charge in [0.1, 0.15) is 6.07 Å². The first-order valence-electron chi connectivity index (χ1n) is 7.00. The first kappa shape index (κ1) is 15.6. The Bertz CT molecular complexity index is 623. The molecular weight excluding hydrogens is 282 g/mol. The van der Waals surface area contributed by atoms with Crippen LogP contribution in [0.2, 0.25) is 0 Å². The summed E-state index contributed by atoms with van der Waals surface area (Å²) in [6.45, 7) is 1.62. The highest BCUT2D eigenvalue weighted by molar-refractivity contribution is 5.95. The molecule has 6 nitrogen and oxygen atoms in total. The fourth-order valence-corrected chi connectivity index (χ4v) is 2.21. The van der Waals surface area contributed by atoms with Gasteiger partial charge in [-0.2, -0.15) is 5.26 Å². The van der Waals surface area contributed by atoms with Crippen molar-refractivity contribution >= 4 is 17.6 Å². The van der Waals surface area contributed by atoms with Crippen LogP contribution in [0.1, 0.15) is 23.2 Å². The molecule has 1 heterocycles. The van der Waals surface area contributed by atoms with Gasteiger partial charge in [-0.1, -0.05) is 0 Å².